The minimum absolute atomic E-state index is 0.144. The number of para-hydroxylation sites is 1. The molecular weight excluding hydrogens is 326 g/mol. The van der Waals surface area contributed by atoms with Crippen LogP contribution < -0.4 is 10.6 Å². The number of aromatic nitrogens is 1. The van der Waals surface area contributed by atoms with Crippen molar-refractivity contribution in [1.29, 1.82) is 0 Å². The quantitative estimate of drug-likeness (QED) is 0.810. The molecule has 26 heavy (non-hydrogen) atoms. The lowest BCUT2D eigenvalue weighted by Crippen LogP contribution is -2.19. The smallest absolute Gasteiger partial charge is 0.257 e. The van der Waals surface area contributed by atoms with Crippen LogP contribution in [0.5, 0.6) is 0 Å². The average Bonchev–Trinajstić information content (AvgIpc) is 3.15. The molecule has 1 atom stereocenters. The summed E-state index contributed by atoms with van der Waals surface area (Å²) in [6, 6.07) is 7.94. The van der Waals surface area contributed by atoms with Crippen LogP contribution in [-0.2, 0) is 4.74 Å². The summed E-state index contributed by atoms with van der Waals surface area (Å²) in [5.41, 5.74) is 4.47. The lowest BCUT2D eigenvalue weighted by atomic mass is 9.98. The highest BCUT2D eigenvalue weighted by molar-refractivity contribution is 6.05. The molecule has 1 amide bonds. The zero-order valence-electron chi connectivity index (χ0n) is 15.7. The second-order valence-electron chi connectivity index (χ2n) is 7.13. The maximum atomic E-state index is 12.8. The monoisotopic (exact) mass is 353 g/mol. The highest BCUT2D eigenvalue weighted by atomic mass is 16.5. The first-order valence-corrected chi connectivity index (χ1v) is 9.26. The molecule has 0 radical (unpaired) electrons. The summed E-state index contributed by atoms with van der Waals surface area (Å²) in [7, 11) is 0. The zero-order valence-corrected chi connectivity index (χ0v) is 15.7. The van der Waals surface area contributed by atoms with E-state index in [9.17, 15) is 4.79 Å². The lowest BCUT2D eigenvalue weighted by Gasteiger charge is -2.17. The van der Waals surface area contributed by atoms with E-state index in [1.54, 1.807) is 12.4 Å². The predicted molar refractivity (Wildman–Crippen MR) is 105 cm³/mol. The first kappa shape index (κ1) is 18.4. The van der Waals surface area contributed by atoms with Crippen LogP contribution in [0.15, 0.2) is 36.7 Å². The van der Waals surface area contributed by atoms with E-state index in [2.05, 4.69) is 35.5 Å². The summed E-state index contributed by atoms with van der Waals surface area (Å²) < 4.78 is 5.62. The van der Waals surface area contributed by atoms with Crippen molar-refractivity contribution in [3.63, 3.8) is 0 Å². The van der Waals surface area contributed by atoms with Gasteiger partial charge in [-0.3, -0.25) is 9.78 Å². The normalized spacial score (nSPS) is 16.7. The van der Waals surface area contributed by atoms with Gasteiger partial charge in [-0.1, -0.05) is 32.0 Å². The number of carbonyl (C=O) groups excluding carboxylic acids is 1. The molecule has 1 fully saturated rings. The third kappa shape index (κ3) is 4.41. The maximum absolute atomic E-state index is 12.8. The number of aryl methyl sites for hydroxylation is 1. The second kappa shape index (κ2) is 8.32. The van der Waals surface area contributed by atoms with E-state index in [0.717, 1.165) is 48.5 Å². The molecule has 0 aliphatic carbocycles. The molecule has 138 valence electrons. The number of hydrogen-bond acceptors (Lipinski definition) is 4. The molecule has 0 spiro atoms. The summed E-state index contributed by atoms with van der Waals surface area (Å²) in [6.07, 6.45) is 5.76. The summed E-state index contributed by atoms with van der Waals surface area (Å²) in [5.74, 6) is 0.192. The first-order chi connectivity index (χ1) is 12.5. The SMILES string of the molecule is Cc1cccc(C(C)C)c1NC(=O)c1cncc(NCC2CCCO2)c1. The summed E-state index contributed by atoms with van der Waals surface area (Å²) in [6.45, 7) is 7.84. The van der Waals surface area contributed by atoms with Crippen LogP contribution in [0.2, 0.25) is 0 Å². The van der Waals surface area contributed by atoms with Gasteiger partial charge in [-0.05, 0) is 42.9 Å². The Morgan fingerprint density at radius 3 is 2.92 bits per heavy atom. The second-order valence-corrected chi connectivity index (χ2v) is 7.13. The van der Waals surface area contributed by atoms with E-state index in [4.69, 9.17) is 4.74 Å². The molecule has 2 N–H and O–H groups in total. The molecule has 0 bridgehead atoms. The van der Waals surface area contributed by atoms with Crippen molar-refractivity contribution in [2.45, 2.75) is 45.6 Å². The molecule has 5 heteroatoms. The van der Waals surface area contributed by atoms with Crippen LogP contribution in [-0.4, -0.2) is 30.1 Å². The molecule has 0 saturated carbocycles. The van der Waals surface area contributed by atoms with Crippen LogP contribution in [0.1, 0.15) is 54.1 Å². The van der Waals surface area contributed by atoms with Gasteiger partial charge in [0, 0.05) is 31.2 Å². The third-order valence-corrected chi connectivity index (χ3v) is 4.72. The van der Waals surface area contributed by atoms with Crippen molar-refractivity contribution in [2.75, 3.05) is 23.8 Å². The Kier molecular flexibility index (Phi) is 5.89. The zero-order chi connectivity index (χ0) is 18.5. The molecule has 1 aliphatic heterocycles. The van der Waals surface area contributed by atoms with Gasteiger partial charge in [0.25, 0.3) is 5.91 Å². The van der Waals surface area contributed by atoms with Crippen molar-refractivity contribution in [1.82, 2.24) is 4.98 Å². The summed E-state index contributed by atoms with van der Waals surface area (Å²) in [4.78, 5) is 17.0. The number of amides is 1. The Bertz CT molecular complexity index is 768. The number of benzene rings is 1. The fraction of sp³-hybridized carbons (Fsp3) is 0.429. The molecule has 2 aromatic rings. The van der Waals surface area contributed by atoms with E-state index in [0.29, 0.717) is 11.5 Å². The molecule has 2 heterocycles. The van der Waals surface area contributed by atoms with E-state index >= 15 is 0 Å². The fourth-order valence-corrected chi connectivity index (χ4v) is 3.23. The highest BCUT2D eigenvalue weighted by Crippen LogP contribution is 2.28. The molecule has 1 saturated heterocycles. The molecule has 5 nitrogen and oxygen atoms in total. The molecule has 1 unspecified atom stereocenters. The van der Waals surface area contributed by atoms with Crippen LogP contribution in [0, 0.1) is 6.92 Å². The lowest BCUT2D eigenvalue weighted by molar-refractivity contribution is 0.102. The minimum atomic E-state index is -0.144. The maximum Gasteiger partial charge on any atom is 0.257 e. The summed E-state index contributed by atoms with van der Waals surface area (Å²) in [5, 5.41) is 6.39. The fourth-order valence-electron chi connectivity index (χ4n) is 3.23. The molecule has 1 aromatic heterocycles. The van der Waals surface area contributed by atoms with Crippen LogP contribution in [0.3, 0.4) is 0 Å². The number of anilines is 2. The van der Waals surface area contributed by atoms with E-state index in [1.807, 2.05) is 25.1 Å². The third-order valence-electron chi connectivity index (χ3n) is 4.72. The van der Waals surface area contributed by atoms with Gasteiger partial charge in [-0.25, -0.2) is 0 Å². The van der Waals surface area contributed by atoms with Crippen LogP contribution in [0.25, 0.3) is 0 Å². The van der Waals surface area contributed by atoms with Gasteiger partial charge < -0.3 is 15.4 Å². The van der Waals surface area contributed by atoms with Crippen LogP contribution in [0.4, 0.5) is 11.4 Å². The van der Waals surface area contributed by atoms with E-state index in [1.165, 1.54) is 0 Å². The standard InChI is InChI=1S/C21H27N3O2/c1-14(2)19-8-4-6-15(3)20(19)24-21(25)16-10-17(12-22-11-16)23-13-18-7-5-9-26-18/h4,6,8,10-12,14,18,23H,5,7,9,13H2,1-3H3,(H,24,25). The molecular formula is C21H27N3O2. The van der Waals surface area contributed by atoms with Gasteiger partial charge in [0.05, 0.1) is 17.4 Å². The van der Waals surface area contributed by atoms with Crippen molar-refractivity contribution >= 4 is 17.3 Å². The molecule has 1 aromatic carbocycles. The summed E-state index contributed by atoms with van der Waals surface area (Å²) >= 11 is 0. The topological polar surface area (TPSA) is 63.2 Å². The van der Waals surface area contributed by atoms with E-state index in [-0.39, 0.29) is 12.0 Å². The highest BCUT2D eigenvalue weighted by Gasteiger charge is 2.16. The average molecular weight is 353 g/mol. The number of nitrogens with one attached hydrogen (secondary N) is 2. The molecule has 3 rings (SSSR count). The number of pyridine rings is 1. The Morgan fingerprint density at radius 2 is 2.19 bits per heavy atom. The first-order valence-electron chi connectivity index (χ1n) is 9.26. The number of carbonyl (C=O) groups is 1. The Morgan fingerprint density at radius 1 is 1.35 bits per heavy atom. The number of rotatable bonds is 6. The van der Waals surface area contributed by atoms with Gasteiger partial charge in [0.1, 0.15) is 0 Å². The van der Waals surface area contributed by atoms with Crippen LogP contribution >= 0.6 is 0 Å². The minimum Gasteiger partial charge on any atom is -0.381 e. The van der Waals surface area contributed by atoms with Gasteiger partial charge >= 0.3 is 0 Å². The van der Waals surface area contributed by atoms with E-state index < -0.39 is 0 Å². The number of nitrogens with zero attached hydrogens (tertiary/aromatic N) is 1. The van der Waals surface area contributed by atoms with Gasteiger partial charge in [0.2, 0.25) is 0 Å². The van der Waals surface area contributed by atoms with Crippen molar-refractivity contribution in [3.05, 3.63) is 53.3 Å². The van der Waals surface area contributed by atoms with Gasteiger partial charge in [-0.15, -0.1) is 0 Å². The van der Waals surface area contributed by atoms with Crippen molar-refractivity contribution in [2.24, 2.45) is 0 Å². The van der Waals surface area contributed by atoms with Crippen molar-refractivity contribution in [3.8, 4) is 0 Å². The van der Waals surface area contributed by atoms with Gasteiger partial charge in [-0.2, -0.15) is 0 Å². The largest absolute Gasteiger partial charge is 0.381 e. The number of hydrogen-bond donors (Lipinski definition) is 2. The Hall–Kier alpha value is -2.40. The predicted octanol–water partition coefficient (Wildman–Crippen LogP) is 4.36. The Labute approximate surface area is 155 Å². The number of ether oxygens (including phenoxy) is 1. The molecule has 1 aliphatic rings. The van der Waals surface area contributed by atoms with Crippen molar-refractivity contribution < 1.29 is 9.53 Å². The van der Waals surface area contributed by atoms with Gasteiger partial charge in [0.15, 0.2) is 0 Å². The Balaban J connectivity index is 1.71.